The minimum atomic E-state index is 0.762. The predicted molar refractivity (Wildman–Crippen MR) is 84.7 cm³/mol. The third-order valence-electron chi connectivity index (χ3n) is 3.40. The Hall–Kier alpha value is -2.55. The molecule has 1 heterocycles. The Morgan fingerprint density at radius 1 is 1.05 bits per heavy atom. The maximum absolute atomic E-state index is 6.01. The number of rotatable bonds is 3. The van der Waals surface area contributed by atoms with Crippen LogP contribution < -0.4 is 11.1 Å². The lowest BCUT2D eigenvalue weighted by atomic mass is 10.1. The van der Waals surface area contributed by atoms with Crippen molar-refractivity contribution >= 4 is 22.1 Å². The Labute approximate surface area is 118 Å². The topological polar surface area (TPSA) is 50.9 Å². The first-order valence-corrected chi connectivity index (χ1v) is 6.66. The lowest BCUT2D eigenvalue weighted by molar-refractivity contribution is 1.15. The van der Waals surface area contributed by atoms with E-state index in [1.807, 2.05) is 43.5 Å². The lowest BCUT2D eigenvalue weighted by Gasteiger charge is -2.12. The molecule has 3 N–H and O–H groups in total. The van der Waals surface area contributed by atoms with Crippen LogP contribution >= 0.6 is 0 Å². The van der Waals surface area contributed by atoms with Gasteiger partial charge in [-0.2, -0.15) is 0 Å². The second kappa shape index (κ2) is 5.21. The summed E-state index contributed by atoms with van der Waals surface area (Å²) in [4.78, 5) is 4.32. The lowest BCUT2D eigenvalue weighted by Crippen LogP contribution is -2.01. The van der Waals surface area contributed by atoms with E-state index in [1.54, 1.807) is 0 Å². The number of nitrogen functional groups attached to an aromatic ring is 1. The number of hydrogen-bond acceptors (Lipinski definition) is 3. The zero-order valence-electron chi connectivity index (χ0n) is 11.4. The quantitative estimate of drug-likeness (QED) is 0.708. The van der Waals surface area contributed by atoms with Crippen molar-refractivity contribution < 1.29 is 0 Å². The Balaban J connectivity index is 1.95. The van der Waals surface area contributed by atoms with Gasteiger partial charge < -0.3 is 11.1 Å². The molecule has 0 saturated heterocycles. The average molecular weight is 263 g/mol. The third kappa shape index (κ3) is 2.43. The molecule has 3 heteroatoms. The number of anilines is 2. The monoisotopic (exact) mass is 263 g/mol. The van der Waals surface area contributed by atoms with E-state index in [0.717, 1.165) is 34.4 Å². The molecule has 100 valence electrons. The van der Waals surface area contributed by atoms with E-state index < -0.39 is 0 Å². The van der Waals surface area contributed by atoms with Crippen LogP contribution in [0.5, 0.6) is 0 Å². The second-order valence-corrected chi connectivity index (χ2v) is 4.91. The first-order chi connectivity index (χ1) is 9.74. The van der Waals surface area contributed by atoms with Gasteiger partial charge in [0.15, 0.2) is 0 Å². The summed E-state index contributed by atoms with van der Waals surface area (Å²) in [6, 6.07) is 16.4. The van der Waals surface area contributed by atoms with Crippen LogP contribution in [0.25, 0.3) is 10.8 Å². The Kier molecular flexibility index (Phi) is 3.25. The number of nitrogens with two attached hydrogens (primary N) is 1. The number of benzene rings is 2. The normalized spacial score (nSPS) is 10.7. The fourth-order valence-electron chi connectivity index (χ4n) is 2.31. The maximum Gasteiger partial charge on any atom is 0.0425 e. The maximum atomic E-state index is 6.01. The van der Waals surface area contributed by atoms with Crippen LogP contribution in [0.1, 0.15) is 11.3 Å². The van der Waals surface area contributed by atoms with Gasteiger partial charge in [0.2, 0.25) is 0 Å². The number of hydrogen-bond donors (Lipinski definition) is 2. The Morgan fingerprint density at radius 2 is 1.85 bits per heavy atom. The van der Waals surface area contributed by atoms with Gasteiger partial charge in [0.1, 0.15) is 0 Å². The highest BCUT2D eigenvalue weighted by Crippen LogP contribution is 2.28. The van der Waals surface area contributed by atoms with Crippen molar-refractivity contribution in [1.82, 2.24) is 4.98 Å². The van der Waals surface area contributed by atoms with Crippen molar-refractivity contribution in [2.24, 2.45) is 0 Å². The molecular formula is C17H17N3. The van der Waals surface area contributed by atoms with Crippen molar-refractivity contribution in [3.05, 3.63) is 66.0 Å². The second-order valence-electron chi connectivity index (χ2n) is 4.91. The number of nitrogens with zero attached hydrogens (tertiary/aromatic N) is 1. The molecule has 0 saturated carbocycles. The smallest absolute Gasteiger partial charge is 0.0425 e. The molecule has 3 rings (SSSR count). The largest absolute Gasteiger partial charge is 0.398 e. The molecule has 3 nitrogen and oxygen atoms in total. The molecule has 0 fully saturated rings. The summed E-state index contributed by atoms with van der Waals surface area (Å²) in [6.45, 7) is 2.78. The van der Waals surface area contributed by atoms with E-state index in [9.17, 15) is 0 Å². The van der Waals surface area contributed by atoms with Crippen LogP contribution in [0.2, 0.25) is 0 Å². The van der Waals surface area contributed by atoms with Crippen molar-refractivity contribution in [3.63, 3.8) is 0 Å². The number of nitrogens with one attached hydrogen (secondary N) is 1. The van der Waals surface area contributed by atoms with Gasteiger partial charge >= 0.3 is 0 Å². The molecule has 0 aliphatic rings. The summed E-state index contributed by atoms with van der Waals surface area (Å²) >= 11 is 0. The molecule has 1 aromatic heterocycles. The van der Waals surface area contributed by atoms with Crippen LogP contribution in [0.15, 0.2) is 54.7 Å². The molecule has 0 aliphatic carbocycles. The van der Waals surface area contributed by atoms with Gasteiger partial charge in [0.05, 0.1) is 0 Å². The highest BCUT2D eigenvalue weighted by molar-refractivity contribution is 6.00. The zero-order chi connectivity index (χ0) is 13.9. The number of aromatic nitrogens is 1. The molecule has 0 amide bonds. The van der Waals surface area contributed by atoms with E-state index in [2.05, 4.69) is 28.5 Å². The van der Waals surface area contributed by atoms with Gasteiger partial charge in [-0.15, -0.1) is 0 Å². The third-order valence-corrected chi connectivity index (χ3v) is 3.40. The van der Waals surface area contributed by atoms with Crippen LogP contribution in [0, 0.1) is 6.92 Å². The van der Waals surface area contributed by atoms with Crippen LogP contribution in [-0.2, 0) is 6.54 Å². The van der Waals surface area contributed by atoms with E-state index in [-0.39, 0.29) is 0 Å². The van der Waals surface area contributed by atoms with Gasteiger partial charge in [0, 0.05) is 40.6 Å². The summed E-state index contributed by atoms with van der Waals surface area (Å²) in [5.74, 6) is 0. The molecule has 0 bridgehead atoms. The predicted octanol–water partition coefficient (Wildman–Crippen LogP) is 3.74. The molecule has 0 unspecified atom stereocenters. The van der Waals surface area contributed by atoms with Crippen LogP contribution in [0.3, 0.4) is 0 Å². The van der Waals surface area contributed by atoms with Gasteiger partial charge in [0.25, 0.3) is 0 Å². The summed E-state index contributed by atoms with van der Waals surface area (Å²) < 4.78 is 0. The summed E-state index contributed by atoms with van der Waals surface area (Å²) in [7, 11) is 0. The fraction of sp³-hybridized carbons (Fsp3) is 0.118. The molecule has 2 aromatic carbocycles. The standard InChI is InChI=1S/C17H17N3/c1-12-9-14-15(11-19-12)16(18)7-8-17(14)20-10-13-5-3-2-4-6-13/h2-9,11,20H,10,18H2,1H3. The van der Waals surface area contributed by atoms with Gasteiger partial charge in [-0.1, -0.05) is 30.3 Å². The molecule has 0 atom stereocenters. The minimum Gasteiger partial charge on any atom is -0.398 e. The number of aryl methyl sites for hydroxylation is 1. The first-order valence-electron chi connectivity index (χ1n) is 6.66. The highest BCUT2D eigenvalue weighted by Gasteiger charge is 2.05. The highest BCUT2D eigenvalue weighted by atomic mass is 14.9. The van der Waals surface area contributed by atoms with Gasteiger partial charge in [-0.25, -0.2) is 0 Å². The molecule has 0 spiro atoms. The molecular weight excluding hydrogens is 246 g/mol. The summed E-state index contributed by atoms with van der Waals surface area (Å²) in [5, 5.41) is 5.59. The van der Waals surface area contributed by atoms with Crippen molar-refractivity contribution in [2.75, 3.05) is 11.1 Å². The van der Waals surface area contributed by atoms with E-state index in [4.69, 9.17) is 5.73 Å². The fourth-order valence-corrected chi connectivity index (χ4v) is 2.31. The summed E-state index contributed by atoms with van der Waals surface area (Å²) in [5.41, 5.74) is 10.1. The average Bonchev–Trinajstić information content (AvgIpc) is 2.47. The van der Waals surface area contributed by atoms with E-state index in [0.29, 0.717) is 0 Å². The Bertz CT molecular complexity index is 736. The number of fused-ring (bicyclic) bond motifs is 1. The zero-order valence-corrected chi connectivity index (χ0v) is 11.4. The van der Waals surface area contributed by atoms with Gasteiger partial charge in [-0.05, 0) is 30.7 Å². The van der Waals surface area contributed by atoms with Crippen molar-refractivity contribution in [2.45, 2.75) is 13.5 Å². The molecule has 20 heavy (non-hydrogen) atoms. The van der Waals surface area contributed by atoms with Crippen LogP contribution in [-0.4, -0.2) is 4.98 Å². The van der Waals surface area contributed by atoms with Crippen molar-refractivity contribution in [3.8, 4) is 0 Å². The SMILES string of the molecule is Cc1cc2c(NCc3ccccc3)ccc(N)c2cn1. The van der Waals surface area contributed by atoms with Crippen molar-refractivity contribution in [1.29, 1.82) is 0 Å². The number of pyridine rings is 1. The molecule has 0 radical (unpaired) electrons. The van der Waals surface area contributed by atoms with E-state index >= 15 is 0 Å². The molecule has 3 aromatic rings. The Morgan fingerprint density at radius 3 is 2.65 bits per heavy atom. The summed E-state index contributed by atoms with van der Waals surface area (Å²) in [6.07, 6.45) is 1.84. The van der Waals surface area contributed by atoms with E-state index in [1.165, 1.54) is 5.56 Å². The van der Waals surface area contributed by atoms with Gasteiger partial charge in [-0.3, -0.25) is 4.98 Å². The van der Waals surface area contributed by atoms with Crippen LogP contribution in [0.4, 0.5) is 11.4 Å². The molecule has 0 aliphatic heterocycles. The minimum absolute atomic E-state index is 0.762. The first kappa shape index (κ1) is 12.5.